The molecule has 0 aliphatic heterocycles. The van der Waals surface area contributed by atoms with Crippen molar-refractivity contribution in [2.24, 2.45) is 0 Å². The van der Waals surface area contributed by atoms with Crippen molar-refractivity contribution in [3.8, 4) is 0 Å². The number of halogens is 3. The van der Waals surface area contributed by atoms with E-state index in [1.54, 1.807) is 6.07 Å². The molecule has 0 atom stereocenters. The fourth-order valence-corrected chi connectivity index (χ4v) is 4.99. The van der Waals surface area contributed by atoms with E-state index in [-0.39, 0.29) is 12.6 Å². The van der Waals surface area contributed by atoms with Crippen molar-refractivity contribution in [3.63, 3.8) is 0 Å². The summed E-state index contributed by atoms with van der Waals surface area (Å²) in [6, 6.07) is 11.4. The third-order valence-corrected chi connectivity index (χ3v) is 6.94. The summed E-state index contributed by atoms with van der Waals surface area (Å²) in [6.07, 6.45) is 12.0. The molecule has 4 aromatic rings. The van der Waals surface area contributed by atoms with Crippen LogP contribution in [-0.2, 0) is 22.6 Å². The summed E-state index contributed by atoms with van der Waals surface area (Å²) in [7, 11) is 0. The number of aromatic nitrogens is 2. The number of allylic oxidation sites excluding steroid dienone is 3. The van der Waals surface area contributed by atoms with Gasteiger partial charge in [0, 0.05) is 68.5 Å². The Balaban J connectivity index is 0.000000208. The van der Waals surface area contributed by atoms with Gasteiger partial charge in [-0.05, 0) is 62.2 Å². The van der Waals surface area contributed by atoms with E-state index in [0.29, 0.717) is 17.9 Å². The van der Waals surface area contributed by atoms with Gasteiger partial charge in [0.1, 0.15) is 6.61 Å². The Morgan fingerprint density at radius 2 is 1.35 bits per heavy atom. The molecular formula is C28H23Br3N4O2. The molecule has 4 rings (SSSR count). The van der Waals surface area contributed by atoms with Gasteiger partial charge in [-0.25, -0.2) is 9.69 Å². The molecule has 0 spiro atoms. The first kappa shape index (κ1) is 28.5. The maximum absolute atomic E-state index is 10.6. The van der Waals surface area contributed by atoms with E-state index in [4.69, 9.17) is 17.9 Å². The number of benzene rings is 2. The molecule has 0 saturated carbocycles. The number of hydrogen-bond acceptors (Lipinski definition) is 2. The van der Waals surface area contributed by atoms with Crippen molar-refractivity contribution in [2.75, 3.05) is 11.9 Å². The van der Waals surface area contributed by atoms with Gasteiger partial charge in [0.25, 0.3) is 0 Å². The Morgan fingerprint density at radius 1 is 0.865 bits per heavy atom. The first-order chi connectivity index (χ1) is 17.9. The molecule has 37 heavy (non-hydrogen) atoms. The fourth-order valence-electron chi connectivity index (χ4n) is 3.60. The van der Waals surface area contributed by atoms with Crippen molar-refractivity contribution >= 4 is 86.9 Å². The number of ether oxygens (including phenoxy) is 1. The molecule has 0 aliphatic rings. The minimum Gasteiger partial charge on any atom is -0.462 e. The van der Waals surface area contributed by atoms with Gasteiger partial charge in [0.2, 0.25) is 0 Å². The van der Waals surface area contributed by atoms with Crippen LogP contribution >= 0.6 is 47.8 Å². The number of esters is 1. The highest BCUT2D eigenvalue weighted by Gasteiger charge is 2.07. The number of fused-ring (bicyclic) bond motifs is 2. The number of carbonyl (C=O) groups is 1. The Hall–Kier alpha value is -3.11. The van der Waals surface area contributed by atoms with Gasteiger partial charge in [-0.3, -0.25) is 4.79 Å². The number of rotatable bonds is 7. The summed E-state index contributed by atoms with van der Waals surface area (Å²) < 4.78 is 11.0. The van der Waals surface area contributed by atoms with Crippen LogP contribution in [0.5, 0.6) is 0 Å². The molecule has 0 amide bonds. The average Bonchev–Trinajstić information content (AvgIpc) is 3.39. The minimum atomic E-state index is -0.282. The second-order valence-corrected chi connectivity index (χ2v) is 10.1. The quantitative estimate of drug-likeness (QED) is 0.0843. The van der Waals surface area contributed by atoms with Crippen LogP contribution in [0.1, 0.15) is 6.92 Å². The van der Waals surface area contributed by atoms with E-state index in [1.165, 1.54) is 6.92 Å². The maximum Gasteiger partial charge on any atom is 0.302 e. The molecule has 0 fully saturated rings. The van der Waals surface area contributed by atoms with E-state index < -0.39 is 0 Å². The summed E-state index contributed by atoms with van der Waals surface area (Å²) >= 11 is 10.4. The summed E-state index contributed by atoms with van der Waals surface area (Å²) in [4.78, 5) is 17.5. The molecule has 0 N–H and O–H groups in total. The molecule has 2 aromatic carbocycles. The van der Waals surface area contributed by atoms with E-state index in [9.17, 15) is 4.79 Å². The van der Waals surface area contributed by atoms with Crippen molar-refractivity contribution in [3.05, 3.63) is 105 Å². The van der Waals surface area contributed by atoms with Crippen LogP contribution in [-0.4, -0.2) is 27.0 Å². The molecule has 0 bridgehead atoms. The highest BCUT2D eigenvalue weighted by molar-refractivity contribution is 9.11. The first-order valence-electron chi connectivity index (χ1n) is 11.2. The Bertz CT molecular complexity index is 1550. The molecule has 6 nitrogen and oxygen atoms in total. The van der Waals surface area contributed by atoms with E-state index >= 15 is 0 Å². The Morgan fingerprint density at radius 3 is 1.78 bits per heavy atom. The van der Waals surface area contributed by atoms with Crippen molar-refractivity contribution in [1.29, 1.82) is 0 Å². The summed E-state index contributed by atoms with van der Waals surface area (Å²) in [5.74, 6) is -0.282. The molecular weight excluding hydrogens is 664 g/mol. The van der Waals surface area contributed by atoms with Crippen LogP contribution in [0.4, 0.5) is 11.4 Å². The smallest absolute Gasteiger partial charge is 0.302 e. The number of alkyl halides is 1. The van der Waals surface area contributed by atoms with Gasteiger partial charge in [0.15, 0.2) is 11.4 Å². The highest BCUT2D eigenvalue weighted by atomic mass is 79.9. The monoisotopic (exact) mass is 684 g/mol. The maximum atomic E-state index is 10.6. The van der Waals surface area contributed by atoms with Crippen molar-refractivity contribution in [2.45, 2.75) is 20.0 Å². The van der Waals surface area contributed by atoms with Gasteiger partial charge in [0.05, 0.1) is 13.1 Å². The van der Waals surface area contributed by atoms with Crippen LogP contribution in [0.15, 0.2) is 82.0 Å². The molecule has 9 heteroatoms. The lowest BCUT2D eigenvalue weighted by Crippen LogP contribution is -1.98. The molecule has 0 aliphatic carbocycles. The second kappa shape index (κ2) is 14.0. The van der Waals surface area contributed by atoms with Gasteiger partial charge < -0.3 is 13.9 Å². The summed E-state index contributed by atoms with van der Waals surface area (Å²) in [5, 5.41) is 2.98. The number of hydrogen-bond donors (Lipinski definition) is 0. The molecule has 188 valence electrons. The molecule has 2 heterocycles. The number of nitrogens with zero attached hydrogens (tertiary/aromatic N) is 4. The largest absolute Gasteiger partial charge is 0.462 e. The standard InChI is InChI=1S/C15H13BrN2O2.C13H10Br2N2/c1-11(19)20-8-4-3-7-18-10-14(16)13-9-12(17-2)5-6-15(13)18;1-16-10-4-5-13-11(8-10)12(15)9-17(13)7-3-2-6-14/h3-6,9-10H,7-8H2,1H3;2-5,8-9H,6-7H2/b4-3+;3-2+. The molecule has 2 aromatic heterocycles. The lowest BCUT2D eigenvalue weighted by molar-refractivity contribution is -0.139. The predicted molar refractivity (Wildman–Crippen MR) is 161 cm³/mol. The Kier molecular flexibility index (Phi) is 10.8. The van der Waals surface area contributed by atoms with Crippen LogP contribution in [0, 0.1) is 13.1 Å². The van der Waals surface area contributed by atoms with Crippen molar-refractivity contribution < 1.29 is 9.53 Å². The average molecular weight is 687 g/mol. The van der Waals surface area contributed by atoms with E-state index in [1.807, 2.05) is 48.7 Å². The van der Waals surface area contributed by atoms with Crippen LogP contribution < -0.4 is 0 Å². The SMILES string of the molecule is [C-]#[N+]c1ccc2c(c1)c(Br)cn2C/C=C/CBr.[C-]#[N+]c1ccc2c(c1)c(Br)cn2C/C=C/COC(C)=O. The lowest BCUT2D eigenvalue weighted by Gasteiger charge is -2.01. The summed E-state index contributed by atoms with van der Waals surface area (Å²) in [5.41, 5.74) is 3.50. The van der Waals surface area contributed by atoms with E-state index in [2.05, 4.69) is 85.0 Å². The second-order valence-electron chi connectivity index (χ2n) is 7.79. The molecule has 0 unspecified atom stereocenters. The first-order valence-corrected chi connectivity index (χ1v) is 13.9. The van der Waals surface area contributed by atoms with Gasteiger partial charge in [-0.15, -0.1) is 0 Å². The third-order valence-electron chi connectivity index (χ3n) is 5.30. The zero-order chi connectivity index (χ0) is 26.8. The van der Waals surface area contributed by atoms with Crippen LogP contribution in [0.3, 0.4) is 0 Å². The fraction of sp³-hybridized carbons (Fsp3) is 0.179. The van der Waals surface area contributed by atoms with Crippen molar-refractivity contribution in [1.82, 2.24) is 9.13 Å². The topological polar surface area (TPSA) is 44.9 Å². The molecule has 0 saturated heterocycles. The highest BCUT2D eigenvalue weighted by Crippen LogP contribution is 2.31. The van der Waals surface area contributed by atoms with Gasteiger partial charge >= 0.3 is 5.97 Å². The third kappa shape index (κ3) is 7.69. The predicted octanol–water partition coefficient (Wildman–Crippen LogP) is 8.98. The van der Waals surface area contributed by atoms with Gasteiger partial charge in [-0.1, -0.05) is 46.3 Å². The van der Waals surface area contributed by atoms with Crippen LogP contribution in [0.25, 0.3) is 31.5 Å². The zero-order valence-corrected chi connectivity index (χ0v) is 24.8. The zero-order valence-electron chi connectivity index (χ0n) is 20.0. The lowest BCUT2D eigenvalue weighted by atomic mass is 10.2. The normalized spacial score (nSPS) is 11.0. The summed E-state index contributed by atoms with van der Waals surface area (Å²) in [6.45, 7) is 17.3. The molecule has 0 radical (unpaired) electrons. The van der Waals surface area contributed by atoms with Crippen LogP contribution in [0.2, 0.25) is 0 Å². The van der Waals surface area contributed by atoms with Gasteiger partial charge in [-0.2, -0.15) is 0 Å². The minimum absolute atomic E-state index is 0.282. The number of carbonyl (C=O) groups excluding carboxylic acids is 1. The van der Waals surface area contributed by atoms with E-state index in [0.717, 1.165) is 42.6 Å². The Labute approximate surface area is 241 Å².